The summed E-state index contributed by atoms with van der Waals surface area (Å²) in [5.74, 6) is -1.04. The Morgan fingerprint density at radius 1 is 0.824 bits per heavy atom. The fourth-order valence-corrected chi connectivity index (χ4v) is 3.29. The van der Waals surface area contributed by atoms with Gasteiger partial charge in [0.25, 0.3) is 32.6 Å². The summed E-state index contributed by atoms with van der Waals surface area (Å²) in [7, 11) is -8.81. The van der Waals surface area contributed by atoms with Crippen LogP contribution in [0.5, 0.6) is 11.8 Å². The van der Waals surface area contributed by atoms with Gasteiger partial charge in [0, 0.05) is 0 Å². The zero-order valence-corrected chi connectivity index (χ0v) is 16.7. The van der Waals surface area contributed by atoms with Crippen molar-refractivity contribution < 1.29 is 40.6 Å². The van der Waals surface area contributed by atoms with Crippen LogP contribution < -0.4 is 4.74 Å². The minimum atomic E-state index is -4.43. The number of azo groups is 1. The molecular weight excluding hydrogens is 525 g/mol. The predicted molar refractivity (Wildman–Crippen MR) is 124 cm³/mol. The second kappa shape index (κ2) is 13.6. The Balaban J connectivity index is 0.00000363. The van der Waals surface area contributed by atoms with Gasteiger partial charge in [-0.3, -0.25) is 13.9 Å². The molecule has 34 heavy (non-hydrogen) atoms. The van der Waals surface area contributed by atoms with Gasteiger partial charge in [0.15, 0.2) is 0 Å². The molecular formula is C16H15N4Na3O9S2. The molecule has 2 aromatic carbocycles. The van der Waals surface area contributed by atoms with Crippen LogP contribution in [0, 0.1) is 0 Å². The minimum absolute atomic E-state index is 0. The molecule has 18 heteroatoms. The van der Waals surface area contributed by atoms with E-state index in [9.17, 15) is 26.7 Å². The Morgan fingerprint density at radius 2 is 1.29 bits per heavy atom. The zero-order valence-electron chi connectivity index (χ0n) is 15.1. The Labute approximate surface area is 260 Å². The molecule has 0 unspecified atom stereocenters. The third kappa shape index (κ3) is 8.19. The summed E-state index contributed by atoms with van der Waals surface area (Å²) in [4.78, 5) is 9.99. The Hall–Kier alpha value is -0.660. The first-order valence-corrected chi connectivity index (χ1v) is 10.9. The summed E-state index contributed by atoms with van der Waals surface area (Å²) in [6, 6.07) is 9.16. The number of ether oxygens (including phenoxy) is 1. The van der Waals surface area contributed by atoms with Crippen LogP contribution in [0.2, 0.25) is 0 Å². The van der Waals surface area contributed by atoms with Crippen LogP contribution in [0.4, 0.5) is 11.4 Å². The number of carbonyl (C=O) groups is 1. The SMILES string of the molecule is O=COc1nn(-c2ccc(S(=O)(=O)O)cc2)c(O)c1N=Nc1ccc(S(=O)(=O)O)cc1.[NaH].[NaH].[NaH]. The molecule has 1 heterocycles. The number of rotatable bonds is 7. The molecule has 0 radical (unpaired) electrons. The molecule has 0 aliphatic rings. The quantitative estimate of drug-likeness (QED) is 0.160. The number of nitrogens with zero attached hydrogens (tertiary/aromatic N) is 4. The molecule has 3 N–H and O–H groups in total. The van der Waals surface area contributed by atoms with Gasteiger partial charge < -0.3 is 9.84 Å². The van der Waals surface area contributed by atoms with Gasteiger partial charge in [0.2, 0.25) is 11.6 Å². The van der Waals surface area contributed by atoms with Crippen molar-refractivity contribution in [2.24, 2.45) is 10.2 Å². The van der Waals surface area contributed by atoms with E-state index in [0.717, 1.165) is 28.9 Å². The second-order valence-corrected chi connectivity index (χ2v) is 8.58. The molecule has 3 rings (SSSR count). The van der Waals surface area contributed by atoms with Gasteiger partial charge in [-0.2, -0.15) is 26.6 Å². The Morgan fingerprint density at radius 3 is 1.74 bits per heavy atom. The van der Waals surface area contributed by atoms with E-state index in [1.807, 2.05) is 0 Å². The zero-order chi connectivity index (χ0) is 22.8. The fraction of sp³-hybridized carbons (Fsp3) is 0. The van der Waals surface area contributed by atoms with Crippen molar-refractivity contribution in [3.8, 4) is 17.4 Å². The van der Waals surface area contributed by atoms with Crippen molar-refractivity contribution in [1.82, 2.24) is 9.78 Å². The van der Waals surface area contributed by atoms with Gasteiger partial charge in [-0.1, -0.05) is 0 Å². The summed E-state index contributed by atoms with van der Waals surface area (Å²) in [5, 5.41) is 21.8. The van der Waals surface area contributed by atoms with Gasteiger partial charge in [-0.15, -0.1) is 10.2 Å². The van der Waals surface area contributed by atoms with E-state index in [4.69, 9.17) is 9.11 Å². The Bertz CT molecular complexity index is 1380. The number of benzene rings is 2. The van der Waals surface area contributed by atoms with Gasteiger partial charge in [-0.05, 0) is 48.5 Å². The van der Waals surface area contributed by atoms with Crippen molar-refractivity contribution in [2.75, 3.05) is 0 Å². The maximum atomic E-state index is 11.1. The first-order chi connectivity index (χ1) is 14.5. The van der Waals surface area contributed by atoms with Crippen molar-refractivity contribution in [3.63, 3.8) is 0 Å². The predicted octanol–water partition coefficient (Wildman–Crippen LogP) is 0.0764. The molecule has 13 nitrogen and oxygen atoms in total. The number of aromatic hydroxyl groups is 1. The van der Waals surface area contributed by atoms with E-state index in [1.165, 1.54) is 24.3 Å². The molecule has 0 amide bonds. The molecule has 1 aromatic heterocycles. The van der Waals surface area contributed by atoms with Crippen LogP contribution >= 0.6 is 0 Å². The summed E-state index contributed by atoms with van der Waals surface area (Å²) >= 11 is 0. The van der Waals surface area contributed by atoms with Gasteiger partial charge in [0.1, 0.15) is 0 Å². The van der Waals surface area contributed by atoms with Crippen LogP contribution in [0.25, 0.3) is 5.69 Å². The van der Waals surface area contributed by atoms with Crippen LogP contribution in [-0.2, 0) is 25.0 Å². The fourth-order valence-electron chi connectivity index (χ4n) is 2.33. The molecule has 0 aliphatic heterocycles. The number of hydrogen-bond donors (Lipinski definition) is 3. The van der Waals surface area contributed by atoms with Crippen molar-refractivity contribution in [1.29, 1.82) is 0 Å². The molecule has 168 valence electrons. The summed E-state index contributed by atoms with van der Waals surface area (Å²) in [6.07, 6.45) is 0. The number of carbonyl (C=O) groups excluding carboxylic acids is 1. The number of hydrogen-bond acceptors (Lipinski definition) is 10. The van der Waals surface area contributed by atoms with Gasteiger partial charge >= 0.3 is 88.7 Å². The van der Waals surface area contributed by atoms with E-state index >= 15 is 0 Å². The molecule has 0 fully saturated rings. The van der Waals surface area contributed by atoms with Crippen molar-refractivity contribution in [2.45, 2.75) is 9.79 Å². The normalized spacial score (nSPS) is 11.1. The standard InChI is InChI=1S/C16H12N4O9S2.3Na.3H/c21-9-29-15-14(18-17-10-1-5-12(6-2-10)30(23,24)25)16(22)20(19-15)11-3-7-13(8-4-11)31(26,27)28;;;;;;/h1-9,22H,(H,23,24,25)(H,26,27,28);;;;;;. The summed E-state index contributed by atoms with van der Waals surface area (Å²) in [5.41, 5.74) is -0.0847. The van der Waals surface area contributed by atoms with Crippen LogP contribution in [0.3, 0.4) is 0 Å². The first-order valence-electron chi connectivity index (χ1n) is 8.00. The van der Waals surface area contributed by atoms with E-state index in [0.29, 0.717) is 0 Å². The third-order valence-electron chi connectivity index (χ3n) is 3.74. The van der Waals surface area contributed by atoms with E-state index < -0.39 is 32.0 Å². The van der Waals surface area contributed by atoms with E-state index in [2.05, 4.69) is 20.1 Å². The third-order valence-corrected chi connectivity index (χ3v) is 5.48. The van der Waals surface area contributed by atoms with Gasteiger partial charge in [-0.25, -0.2) is 0 Å². The molecule has 0 spiro atoms. The molecule has 0 aliphatic carbocycles. The molecule has 0 atom stereocenters. The average Bonchev–Trinajstić information content (AvgIpc) is 3.01. The van der Waals surface area contributed by atoms with E-state index in [1.54, 1.807) is 0 Å². The molecule has 0 saturated carbocycles. The summed E-state index contributed by atoms with van der Waals surface area (Å²) in [6.45, 7) is 0.0352. The average molecular weight is 540 g/mol. The monoisotopic (exact) mass is 540 g/mol. The molecule has 3 aromatic rings. The van der Waals surface area contributed by atoms with Crippen molar-refractivity contribution in [3.05, 3.63) is 48.5 Å². The summed E-state index contributed by atoms with van der Waals surface area (Å²) < 4.78 is 67.9. The molecule has 0 bridgehead atoms. The second-order valence-electron chi connectivity index (χ2n) is 5.74. The Kier molecular flexibility index (Phi) is 13.3. The van der Waals surface area contributed by atoms with Gasteiger partial charge in [0.05, 0.1) is 21.2 Å². The van der Waals surface area contributed by atoms with Crippen LogP contribution in [0.1, 0.15) is 0 Å². The number of aromatic nitrogens is 2. The van der Waals surface area contributed by atoms with E-state index in [-0.39, 0.29) is 122 Å². The van der Waals surface area contributed by atoms with Crippen LogP contribution in [0.15, 0.2) is 68.6 Å². The maximum absolute atomic E-state index is 11.1. The van der Waals surface area contributed by atoms with Crippen LogP contribution in [-0.4, -0.2) is 136 Å². The van der Waals surface area contributed by atoms with Crippen molar-refractivity contribution >= 4 is 127 Å². The molecule has 0 saturated heterocycles. The first kappa shape index (κ1) is 33.3. The topological polar surface area (TPSA) is 198 Å².